The molecule has 1 saturated heterocycles. The van der Waals surface area contributed by atoms with E-state index in [0.717, 1.165) is 42.0 Å². The van der Waals surface area contributed by atoms with Crippen LogP contribution in [0.2, 0.25) is 0 Å². The minimum atomic E-state index is 0.313. The van der Waals surface area contributed by atoms with E-state index in [1.165, 1.54) is 36.9 Å². The number of rotatable bonds is 3. The molecule has 1 fully saturated rings. The van der Waals surface area contributed by atoms with Gasteiger partial charge in [-0.25, -0.2) is 0 Å². The van der Waals surface area contributed by atoms with Gasteiger partial charge in [0.25, 0.3) is 0 Å². The maximum atomic E-state index is 10.4. The average molecular weight is 338 g/mol. The minimum absolute atomic E-state index is 0.313. The summed E-state index contributed by atoms with van der Waals surface area (Å²) in [5, 5.41) is 22.7. The van der Waals surface area contributed by atoms with Crippen LogP contribution in [0.25, 0.3) is 11.3 Å². The van der Waals surface area contributed by atoms with Gasteiger partial charge >= 0.3 is 0 Å². The van der Waals surface area contributed by atoms with Gasteiger partial charge in [-0.15, -0.1) is 10.2 Å². The maximum Gasteiger partial charge on any atom is 0.149 e. The van der Waals surface area contributed by atoms with Crippen molar-refractivity contribution in [2.24, 2.45) is 0 Å². The number of fused-ring (bicyclic) bond motifs is 1. The highest BCUT2D eigenvalue weighted by atomic mass is 16.3. The SMILES string of the molecule is Cc1cc(N[C@@H]2CCCN(C)C2)nnc1-c1cc2c(cc1O)CCC2. The first-order valence-electron chi connectivity index (χ1n) is 9.24. The fourth-order valence-electron chi connectivity index (χ4n) is 4.12. The molecule has 0 radical (unpaired) electrons. The van der Waals surface area contributed by atoms with Crippen molar-refractivity contribution in [1.82, 2.24) is 15.1 Å². The second-order valence-corrected chi connectivity index (χ2v) is 7.50. The molecule has 0 unspecified atom stereocenters. The largest absolute Gasteiger partial charge is 0.507 e. The van der Waals surface area contributed by atoms with Crippen molar-refractivity contribution in [2.45, 2.75) is 45.1 Å². The van der Waals surface area contributed by atoms with E-state index in [1.54, 1.807) is 0 Å². The highest BCUT2D eigenvalue weighted by molar-refractivity contribution is 5.72. The van der Waals surface area contributed by atoms with Crippen LogP contribution in [-0.4, -0.2) is 46.4 Å². The molecule has 1 aromatic carbocycles. The van der Waals surface area contributed by atoms with Gasteiger partial charge in [0, 0.05) is 18.2 Å². The number of anilines is 1. The smallest absolute Gasteiger partial charge is 0.149 e. The van der Waals surface area contributed by atoms with Crippen LogP contribution in [0.5, 0.6) is 5.75 Å². The van der Waals surface area contributed by atoms with E-state index in [2.05, 4.69) is 33.5 Å². The molecule has 2 N–H and O–H groups in total. The number of nitrogens with one attached hydrogen (secondary N) is 1. The van der Waals surface area contributed by atoms with E-state index in [9.17, 15) is 5.11 Å². The Bertz CT molecular complexity index is 790. The van der Waals surface area contributed by atoms with E-state index in [1.807, 2.05) is 19.1 Å². The van der Waals surface area contributed by atoms with Crippen molar-refractivity contribution in [3.63, 3.8) is 0 Å². The molecule has 4 rings (SSSR count). The number of piperidine rings is 1. The molecule has 2 aliphatic rings. The lowest BCUT2D eigenvalue weighted by atomic mass is 10.0. The maximum absolute atomic E-state index is 10.4. The van der Waals surface area contributed by atoms with Crippen LogP contribution in [0.1, 0.15) is 36.0 Å². The summed E-state index contributed by atoms with van der Waals surface area (Å²) in [6.07, 6.45) is 5.69. The molecule has 0 amide bonds. The Morgan fingerprint density at radius 1 is 1.12 bits per heavy atom. The fourth-order valence-corrected chi connectivity index (χ4v) is 4.12. The Hall–Kier alpha value is -2.14. The van der Waals surface area contributed by atoms with Gasteiger partial charge in [0.15, 0.2) is 0 Å². The topological polar surface area (TPSA) is 61.3 Å². The van der Waals surface area contributed by atoms with E-state index in [-0.39, 0.29) is 0 Å². The lowest BCUT2D eigenvalue weighted by Gasteiger charge is -2.30. The van der Waals surface area contributed by atoms with Crippen LogP contribution in [-0.2, 0) is 12.8 Å². The van der Waals surface area contributed by atoms with Gasteiger partial charge in [0.2, 0.25) is 0 Å². The summed E-state index contributed by atoms with van der Waals surface area (Å²) >= 11 is 0. The zero-order chi connectivity index (χ0) is 17.4. The second kappa shape index (κ2) is 6.64. The van der Waals surface area contributed by atoms with Crippen LogP contribution in [0.15, 0.2) is 18.2 Å². The standard InChI is InChI=1S/C20H26N4O/c1-13-9-19(21-16-7-4-8-24(2)12-16)22-23-20(13)17-10-14-5-3-6-15(14)11-18(17)25/h9-11,16,25H,3-8,12H2,1-2H3,(H,21,22)/t16-/m1/s1. The Labute approximate surface area is 149 Å². The predicted octanol–water partition coefficient (Wildman–Crippen LogP) is 3.15. The van der Waals surface area contributed by atoms with Gasteiger partial charge in [-0.2, -0.15) is 0 Å². The fraction of sp³-hybridized carbons (Fsp3) is 0.500. The Balaban J connectivity index is 1.58. The molecule has 1 aliphatic carbocycles. The molecule has 132 valence electrons. The number of hydrogen-bond donors (Lipinski definition) is 2. The van der Waals surface area contributed by atoms with Gasteiger partial charge in [0.05, 0.1) is 5.69 Å². The summed E-state index contributed by atoms with van der Waals surface area (Å²) < 4.78 is 0. The van der Waals surface area contributed by atoms with E-state index in [0.29, 0.717) is 11.8 Å². The number of phenolic OH excluding ortho intramolecular Hbond substituents is 1. The molecule has 0 bridgehead atoms. The number of aryl methyl sites for hydroxylation is 3. The molecular weight excluding hydrogens is 312 g/mol. The molecule has 25 heavy (non-hydrogen) atoms. The van der Waals surface area contributed by atoms with Crippen LogP contribution in [0, 0.1) is 6.92 Å². The van der Waals surface area contributed by atoms with Gasteiger partial charge in [0.1, 0.15) is 11.6 Å². The van der Waals surface area contributed by atoms with Gasteiger partial charge < -0.3 is 15.3 Å². The van der Waals surface area contributed by atoms with E-state index < -0.39 is 0 Å². The number of aromatic nitrogens is 2. The Morgan fingerprint density at radius 2 is 1.92 bits per heavy atom. The normalized spacial score (nSPS) is 20.5. The Kier molecular flexibility index (Phi) is 4.34. The molecule has 1 aromatic heterocycles. The number of benzene rings is 1. The molecule has 0 spiro atoms. The number of phenols is 1. The van der Waals surface area contributed by atoms with Crippen molar-refractivity contribution < 1.29 is 5.11 Å². The lowest BCUT2D eigenvalue weighted by molar-refractivity contribution is 0.260. The first-order chi connectivity index (χ1) is 12.1. The van der Waals surface area contributed by atoms with Crippen molar-refractivity contribution >= 4 is 5.82 Å². The average Bonchev–Trinajstić information content (AvgIpc) is 3.02. The quantitative estimate of drug-likeness (QED) is 0.900. The highest BCUT2D eigenvalue weighted by Gasteiger charge is 2.20. The summed E-state index contributed by atoms with van der Waals surface area (Å²) in [5.74, 6) is 1.13. The molecule has 1 aliphatic heterocycles. The number of likely N-dealkylation sites (N-methyl/N-ethyl adjacent to an activating group) is 1. The van der Waals surface area contributed by atoms with Crippen LogP contribution in [0.4, 0.5) is 5.82 Å². The number of hydrogen-bond acceptors (Lipinski definition) is 5. The predicted molar refractivity (Wildman–Crippen MR) is 100 cm³/mol. The summed E-state index contributed by atoms with van der Waals surface area (Å²) in [5.41, 5.74) is 5.22. The van der Waals surface area contributed by atoms with Crippen molar-refractivity contribution in [3.8, 4) is 17.0 Å². The summed E-state index contributed by atoms with van der Waals surface area (Å²) in [7, 11) is 2.16. The minimum Gasteiger partial charge on any atom is -0.507 e. The van der Waals surface area contributed by atoms with Gasteiger partial charge in [-0.05, 0) is 87.5 Å². The first-order valence-corrected chi connectivity index (χ1v) is 9.24. The monoisotopic (exact) mass is 338 g/mol. The van der Waals surface area contributed by atoms with Crippen molar-refractivity contribution in [1.29, 1.82) is 0 Å². The van der Waals surface area contributed by atoms with Crippen LogP contribution in [0.3, 0.4) is 0 Å². The molecule has 1 atom stereocenters. The molecule has 5 heteroatoms. The second-order valence-electron chi connectivity index (χ2n) is 7.50. The summed E-state index contributed by atoms with van der Waals surface area (Å²) in [6, 6.07) is 6.47. The van der Waals surface area contributed by atoms with E-state index in [4.69, 9.17) is 0 Å². The molecule has 2 heterocycles. The number of nitrogens with zero attached hydrogens (tertiary/aromatic N) is 3. The Morgan fingerprint density at radius 3 is 2.68 bits per heavy atom. The third-order valence-electron chi connectivity index (χ3n) is 5.43. The highest BCUT2D eigenvalue weighted by Crippen LogP contribution is 2.36. The van der Waals surface area contributed by atoms with Crippen LogP contribution >= 0.6 is 0 Å². The van der Waals surface area contributed by atoms with Gasteiger partial charge in [-0.1, -0.05) is 0 Å². The zero-order valence-electron chi connectivity index (χ0n) is 15.0. The molecule has 0 saturated carbocycles. The third kappa shape index (κ3) is 3.33. The van der Waals surface area contributed by atoms with Crippen LogP contribution < -0.4 is 5.32 Å². The number of likely N-dealkylation sites (tertiary alicyclic amines) is 1. The summed E-state index contributed by atoms with van der Waals surface area (Å²) in [4.78, 5) is 2.35. The summed E-state index contributed by atoms with van der Waals surface area (Å²) in [6.45, 7) is 4.24. The van der Waals surface area contributed by atoms with E-state index >= 15 is 0 Å². The molecular formula is C20H26N4O. The lowest BCUT2D eigenvalue weighted by Crippen LogP contribution is -2.39. The third-order valence-corrected chi connectivity index (χ3v) is 5.43. The molecule has 2 aromatic rings. The number of aromatic hydroxyl groups is 1. The van der Waals surface area contributed by atoms with Crippen molar-refractivity contribution in [2.75, 3.05) is 25.5 Å². The van der Waals surface area contributed by atoms with Gasteiger partial charge in [-0.3, -0.25) is 0 Å². The molecule has 5 nitrogen and oxygen atoms in total. The zero-order valence-corrected chi connectivity index (χ0v) is 15.0. The first kappa shape index (κ1) is 16.3. The van der Waals surface area contributed by atoms with Crippen molar-refractivity contribution in [3.05, 3.63) is 34.9 Å².